The lowest BCUT2D eigenvalue weighted by Crippen LogP contribution is -1.95. The van der Waals surface area contributed by atoms with Crippen LogP contribution in [0.15, 0.2) is 53.5 Å². The number of furan rings is 1. The topological polar surface area (TPSA) is 77.8 Å². The molecule has 3 aromatic heterocycles. The van der Waals surface area contributed by atoms with Crippen molar-refractivity contribution in [3.63, 3.8) is 0 Å². The van der Waals surface area contributed by atoms with Gasteiger partial charge in [-0.1, -0.05) is 0 Å². The van der Waals surface area contributed by atoms with E-state index in [4.69, 9.17) is 10.2 Å². The van der Waals surface area contributed by atoms with E-state index in [1.165, 1.54) is 6.33 Å². The summed E-state index contributed by atoms with van der Waals surface area (Å²) in [5, 5.41) is 0. The van der Waals surface area contributed by atoms with Crippen LogP contribution in [-0.4, -0.2) is 15.0 Å². The van der Waals surface area contributed by atoms with Crippen molar-refractivity contribution in [1.82, 2.24) is 15.0 Å². The summed E-state index contributed by atoms with van der Waals surface area (Å²) in [6.07, 6.45) is 4.78. The highest BCUT2D eigenvalue weighted by atomic mass is 16.3. The Bertz CT molecular complexity index is 650. The van der Waals surface area contributed by atoms with Crippen LogP contribution >= 0.6 is 0 Å². The summed E-state index contributed by atoms with van der Waals surface area (Å²) in [5.74, 6) is 1.11. The molecule has 0 unspecified atom stereocenters. The Labute approximate surface area is 103 Å². The molecule has 5 nitrogen and oxygen atoms in total. The van der Waals surface area contributed by atoms with E-state index in [2.05, 4.69) is 15.0 Å². The van der Waals surface area contributed by atoms with Gasteiger partial charge < -0.3 is 10.2 Å². The van der Waals surface area contributed by atoms with Crippen LogP contribution in [-0.2, 0) is 0 Å². The fraction of sp³-hybridized carbons (Fsp3) is 0. The molecular formula is C13H10N4O. The molecule has 0 aliphatic heterocycles. The molecule has 88 valence electrons. The molecule has 0 spiro atoms. The van der Waals surface area contributed by atoms with Gasteiger partial charge in [-0.15, -0.1) is 0 Å². The average molecular weight is 238 g/mol. The molecule has 0 aromatic carbocycles. The van der Waals surface area contributed by atoms with E-state index < -0.39 is 0 Å². The third-order valence-corrected chi connectivity index (χ3v) is 2.53. The van der Waals surface area contributed by atoms with Gasteiger partial charge in [-0.3, -0.25) is 0 Å². The summed E-state index contributed by atoms with van der Waals surface area (Å²) in [4.78, 5) is 12.4. The minimum absolute atomic E-state index is 0.444. The van der Waals surface area contributed by atoms with Crippen molar-refractivity contribution in [2.45, 2.75) is 0 Å². The minimum Gasteiger partial charge on any atom is -0.463 e. The van der Waals surface area contributed by atoms with E-state index in [0.29, 0.717) is 17.3 Å². The first kappa shape index (κ1) is 10.5. The van der Waals surface area contributed by atoms with Crippen molar-refractivity contribution in [3.8, 4) is 22.7 Å². The first-order chi connectivity index (χ1) is 8.84. The molecule has 0 aliphatic carbocycles. The second kappa shape index (κ2) is 4.29. The largest absolute Gasteiger partial charge is 0.463 e. The van der Waals surface area contributed by atoms with Gasteiger partial charge in [0.15, 0.2) is 5.76 Å². The van der Waals surface area contributed by atoms with Crippen LogP contribution < -0.4 is 5.73 Å². The Morgan fingerprint density at radius 1 is 1.11 bits per heavy atom. The number of hydrogen-bond donors (Lipinski definition) is 1. The van der Waals surface area contributed by atoms with Gasteiger partial charge in [0.05, 0.1) is 12.0 Å². The van der Waals surface area contributed by atoms with E-state index >= 15 is 0 Å². The number of anilines is 1. The number of rotatable bonds is 2. The van der Waals surface area contributed by atoms with Gasteiger partial charge >= 0.3 is 0 Å². The summed E-state index contributed by atoms with van der Waals surface area (Å²) < 4.78 is 5.38. The monoisotopic (exact) mass is 238 g/mol. The third kappa shape index (κ3) is 1.82. The van der Waals surface area contributed by atoms with Crippen LogP contribution in [0.5, 0.6) is 0 Å². The fourth-order valence-electron chi connectivity index (χ4n) is 1.73. The zero-order chi connectivity index (χ0) is 12.4. The number of nitrogen functional groups attached to an aromatic ring is 1. The second-order valence-electron chi connectivity index (χ2n) is 3.70. The highest BCUT2D eigenvalue weighted by Gasteiger charge is 2.12. The average Bonchev–Trinajstić information content (AvgIpc) is 2.93. The van der Waals surface area contributed by atoms with Gasteiger partial charge in [0.2, 0.25) is 0 Å². The Balaban J connectivity index is 2.21. The van der Waals surface area contributed by atoms with Crippen molar-refractivity contribution in [3.05, 3.63) is 49.1 Å². The maximum absolute atomic E-state index is 5.73. The highest BCUT2D eigenvalue weighted by Crippen LogP contribution is 2.29. The van der Waals surface area contributed by atoms with E-state index in [-0.39, 0.29) is 0 Å². The highest BCUT2D eigenvalue weighted by molar-refractivity contribution is 5.77. The predicted octanol–water partition coefficient (Wildman–Crippen LogP) is 2.38. The molecule has 18 heavy (non-hydrogen) atoms. The van der Waals surface area contributed by atoms with Crippen molar-refractivity contribution < 1.29 is 4.42 Å². The number of nitrogens with zero attached hydrogens (tertiary/aromatic N) is 3. The zero-order valence-electron chi connectivity index (χ0n) is 9.45. The van der Waals surface area contributed by atoms with Gasteiger partial charge in [-0.2, -0.15) is 0 Å². The summed E-state index contributed by atoms with van der Waals surface area (Å²) >= 11 is 0. The van der Waals surface area contributed by atoms with Crippen molar-refractivity contribution in [2.24, 2.45) is 0 Å². The lowest BCUT2D eigenvalue weighted by atomic mass is 10.1. The maximum atomic E-state index is 5.73. The summed E-state index contributed by atoms with van der Waals surface area (Å²) in [6.45, 7) is 0. The van der Waals surface area contributed by atoms with Gasteiger partial charge in [0.25, 0.3) is 0 Å². The number of hydrogen-bond acceptors (Lipinski definition) is 5. The molecule has 0 atom stereocenters. The lowest BCUT2D eigenvalue weighted by molar-refractivity contribution is 0.580. The molecule has 5 heteroatoms. The first-order valence-electron chi connectivity index (χ1n) is 5.41. The van der Waals surface area contributed by atoms with Crippen LogP contribution in [0, 0.1) is 0 Å². The minimum atomic E-state index is 0.444. The summed E-state index contributed by atoms with van der Waals surface area (Å²) in [7, 11) is 0. The molecule has 0 aliphatic rings. The van der Waals surface area contributed by atoms with Crippen LogP contribution in [0.3, 0.4) is 0 Å². The van der Waals surface area contributed by atoms with Crippen LogP contribution in [0.1, 0.15) is 0 Å². The second-order valence-corrected chi connectivity index (χ2v) is 3.70. The van der Waals surface area contributed by atoms with Crippen LogP contribution in [0.2, 0.25) is 0 Å². The van der Waals surface area contributed by atoms with E-state index in [9.17, 15) is 0 Å². The maximum Gasteiger partial charge on any atom is 0.153 e. The molecule has 0 bridgehead atoms. The Morgan fingerprint density at radius 2 is 2.06 bits per heavy atom. The van der Waals surface area contributed by atoms with E-state index in [0.717, 1.165) is 11.3 Å². The van der Waals surface area contributed by atoms with Crippen molar-refractivity contribution >= 4 is 5.82 Å². The normalized spacial score (nSPS) is 10.4. The van der Waals surface area contributed by atoms with Gasteiger partial charge in [0, 0.05) is 11.8 Å². The summed E-state index contributed by atoms with van der Waals surface area (Å²) in [5.41, 5.74) is 8.05. The van der Waals surface area contributed by atoms with Crippen LogP contribution in [0.25, 0.3) is 22.7 Å². The van der Waals surface area contributed by atoms with Crippen molar-refractivity contribution in [2.75, 3.05) is 5.73 Å². The van der Waals surface area contributed by atoms with Crippen molar-refractivity contribution in [1.29, 1.82) is 0 Å². The SMILES string of the molecule is Nc1ccc(-c2ccncn2)c(-c2ccco2)n1. The molecule has 0 fully saturated rings. The number of aromatic nitrogens is 3. The number of nitrogens with two attached hydrogens (primary N) is 1. The Hall–Kier alpha value is -2.69. The third-order valence-electron chi connectivity index (χ3n) is 2.53. The Kier molecular flexibility index (Phi) is 2.49. The van der Waals surface area contributed by atoms with Gasteiger partial charge in [-0.25, -0.2) is 15.0 Å². The molecule has 3 rings (SSSR count). The Morgan fingerprint density at radius 3 is 2.78 bits per heavy atom. The molecular weight excluding hydrogens is 228 g/mol. The van der Waals surface area contributed by atoms with Gasteiger partial charge in [-0.05, 0) is 30.3 Å². The van der Waals surface area contributed by atoms with Crippen LogP contribution in [0.4, 0.5) is 5.82 Å². The van der Waals surface area contributed by atoms with E-state index in [1.807, 2.05) is 24.3 Å². The molecule has 2 N–H and O–H groups in total. The molecule has 0 radical (unpaired) electrons. The lowest BCUT2D eigenvalue weighted by Gasteiger charge is -2.06. The molecule has 0 amide bonds. The van der Waals surface area contributed by atoms with Gasteiger partial charge in [0.1, 0.15) is 17.8 Å². The predicted molar refractivity (Wildman–Crippen MR) is 67.4 cm³/mol. The molecule has 0 saturated carbocycles. The molecule has 0 saturated heterocycles. The number of pyridine rings is 1. The quantitative estimate of drug-likeness (QED) is 0.741. The fourth-order valence-corrected chi connectivity index (χ4v) is 1.73. The van der Waals surface area contributed by atoms with E-state index in [1.54, 1.807) is 18.5 Å². The first-order valence-corrected chi connectivity index (χ1v) is 5.41. The standard InChI is InChI=1S/C13H10N4O/c14-12-4-3-9(10-5-6-15-8-16-10)13(17-12)11-2-1-7-18-11/h1-8H,(H2,14,17). The summed E-state index contributed by atoms with van der Waals surface area (Å²) in [6, 6.07) is 9.09. The molecule has 3 heterocycles. The smallest absolute Gasteiger partial charge is 0.153 e. The molecule has 3 aromatic rings. The zero-order valence-corrected chi connectivity index (χ0v) is 9.45.